The molecular formula is C33H38ClN7O2. The maximum absolute atomic E-state index is 12.6. The van der Waals surface area contributed by atoms with E-state index in [9.17, 15) is 4.79 Å². The number of halogens is 1. The van der Waals surface area contributed by atoms with Gasteiger partial charge in [0.05, 0.1) is 17.3 Å². The Morgan fingerprint density at radius 2 is 1.95 bits per heavy atom. The lowest BCUT2D eigenvalue weighted by atomic mass is 10.1. The van der Waals surface area contributed by atoms with Crippen molar-refractivity contribution in [3.8, 4) is 6.01 Å². The van der Waals surface area contributed by atoms with Gasteiger partial charge in [0, 0.05) is 48.9 Å². The average molecular weight is 600 g/mol. The SMILES string of the molecule is [C-]#[N+]C[C@H]1CN(c2nc(OC[C@@H]3CCCN3C)nc3c2CCCN(c2cccc4cccc(Cl)c24)C3)CCN1C(=O)C=C. The third-order valence-corrected chi connectivity index (χ3v) is 9.35. The number of hydrogen-bond donors (Lipinski definition) is 0. The summed E-state index contributed by atoms with van der Waals surface area (Å²) in [6, 6.07) is 12.8. The number of benzene rings is 2. The molecular weight excluding hydrogens is 562 g/mol. The van der Waals surface area contributed by atoms with Crippen LogP contribution in [0.3, 0.4) is 0 Å². The van der Waals surface area contributed by atoms with Crippen molar-refractivity contribution < 1.29 is 9.53 Å². The van der Waals surface area contributed by atoms with Crippen molar-refractivity contribution in [2.45, 2.75) is 44.3 Å². The second-order valence-corrected chi connectivity index (χ2v) is 12.1. The lowest BCUT2D eigenvalue weighted by Gasteiger charge is -2.40. The number of aromatic nitrogens is 2. The zero-order valence-corrected chi connectivity index (χ0v) is 25.5. The summed E-state index contributed by atoms with van der Waals surface area (Å²) in [5, 5.41) is 2.90. The molecule has 2 aromatic carbocycles. The van der Waals surface area contributed by atoms with E-state index in [1.54, 1.807) is 4.90 Å². The number of nitrogens with zero attached hydrogens (tertiary/aromatic N) is 7. The van der Waals surface area contributed by atoms with E-state index < -0.39 is 0 Å². The average Bonchev–Trinajstić information content (AvgIpc) is 3.31. The predicted molar refractivity (Wildman–Crippen MR) is 171 cm³/mol. The summed E-state index contributed by atoms with van der Waals surface area (Å²) in [5.74, 6) is 0.724. The quantitative estimate of drug-likeness (QED) is 0.285. The summed E-state index contributed by atoms with van der Waals surface area (Å²) in [6.07, 6.45) is 5.35. The predicted octanol–water partition coefficient (Wildman–Crippen LogP) is 4.83. The van der Waals surface area contributed by atoms with Crippen molar-refractivity contribution in [1.82, 2.24) is 19.8 Å². The highest BCUT2D eigenvalue weighted by Gasteiger charge is 2.34. The minimum atomic E-state index is -0.237. The molecule has 2 fully saturated rings. The minimum Gasteiger partial charge on any atom is -0.462 e. The van der Waals surface area contributed by atoms with E-state index in [1.807, 2.05) is 12.1 Å². The van der Waals surface area contributed by atoms with Crippen LogP contribution in [-0.2, 0) is 17.8 Å². The highest BCUT2D eigenvalue weighted by molar-refractivity contribution is 6.36. The smallest absolute Gasteiger partial charge is 0.318 e. The number of piperazine rings is 1. The van der Waals surface area contributed by atoms with Crippen LogP contribution in [-0.4, -0.2) is 90.7 Å². The van der Waals surface area contributed by atoms with Crippen molar-refractivity contribution >= 4 is 39.8 Å². The van der Waals surface area contributed by atoms with E-state index in [0.29, 0.717) is 44.8 Å². The molecule has 1 amide bonds. The standard InChI is InChI=1S/C33H38ClN7O2/c1-4-30(42)41-18-17-40(20-25(41)19-35-2)32-26-12-8-16-39(29-14-6-10-23-9-5-13-27(34)31(23)29)21-28(26)36-33(37-32)43-22-24-11-7-15-38(24)3/h4-6,9-10,13-14,24-25H,1,7-8,11-12,15-22H2,3H3/t24-,25-/m0/s1. The van der Waals surface area contributed by atoms with Gasteiger partial charge in [-0.05, 0) is 62.9 Å². The van der Waals surface area contributed by atoms with Gasteiger partial charge in [0.2, 0.25) is 12.5 Å². The Kier molecular flexibility index (Phi) is 8.68. The van der Waals surface area contributed by atoms with E-state index >= 15 is 0 Å². The molecule has 0 spiro atoms. The lowest BCUT2D eigenvalue weighted by molar-refractivity contribution is -0.128. The molecule has 43 heavy (non-hydrogen) atoms. The molecule has 3 aromatic rings. The monoisotopic (exact) mass is 599 g/mol. The molecule has 10 heteroatoms. The number of fused-ring (bicyclic) bond motifs is 2. The van der Waals surface area contributed by atoms with Gasteiger partial charge >= 0.3 is 6.01 Å². The molecule has 3 aliphatic rings. The number of rotatable bonds is 7. The molecule has 9 nitrogen and oxygen atoms in total. The Labute approximate surface area is 258 Å². The summed E-state index contributed by atoms with van der Waals surface area (Å²) in [7, 11) is 2.14. The number of anilines is 2. The Hall–Kier alpha value is -3.87. The van der Waals surface area contributed by atoms with E-state index in [0.717, 1.165) is 70.9 Å². The van der Waals surface area contributed by atoms with Crippen molar-refractivity contribution in [3.05, 3.63) is 76.8 Å². The van der Waals surface area contributed by atoms with Gasteiger partial charge in [0.1, 0.15) is 18.5 Å². The zero-order chi connectivity index (χ0) is 29.9. The first-order chi connectivity index (χ1) is 21.0. The number of amides is 1. The number of carbonyl (C=O) groups excluding carboxylic acids is 1. The molecule has 1 aromatic heterocycles. The molecule has 6 rings (SSSR count). The number of ether oxygens (including phenoxy) is 1. The summed E-state index contributed by atoms with van der Waals surface area (Å²) in [4.78, 5) is 35.0. The summed E-state index contributed by atoms with van der Waals surface area (Å²) in [5.41, 5.74) is 3.16. The first-order valence-corrected chi connectivity index (χ1v) is 15.5. The van der Waals surface area contributed by atoms with Crippen molar-refractivity contribution in [3.63, 3.8) is 0 Å². The number of carbonyl (C=O) groups is 1. The van der Waals surface area contributed by atoms with Gasteiger partial charge in [-0.1, -0.05) is 42.4 Å². The number of likely N-dealkylation sites (tertiary alicyclic amines) is 1. The molecule has 3 aliphatic heterocycles. The van der Waals surface area contributed by atoms with Gasteiger partial charge in [-0.3, -0.25) is 4.79 Å². The van der Waals surface area contributed by atoms with Crippen LogP contribution in [0.1, 0.15) is 30.5 Å². The van der Waals surface area contributed by atoms with E-state index in [-0.39, 0.29) is 18.5 Å². The second-order valence-electron chi connectivity index (χ2n) is 11.7. The third-order valence-electron chi connectivity index (χ3n) is 9.04. The fourth-order valence-corrected chi connectivity index (χ4v) is 7.02. The first-order valence-electron chi connectivity index (χ1n) is 15.1. The Balaban J connectivity index is 1.36. The maximum Gasteiger partial charge on any atom is 0.318 e. The van der Waals surface area contributed by atoms with Gasteiger partial charge in [0.15, 0.2) is 0 Å². The molecule has 224 valence electrons. The normalized spacial score (nSPS) is 20.9. The molecule has 0 aliphatic carbocycles. The van der Waals surface area contributed by atoms with Crippen molar-refractivity contribution in [2.75, 3.05) is 62.7 Å². The minimum absolute atomic E-state index is 0.135. The molecule has 0 saturated carbocycles. The topological polar surface area (TPSA) is 69.4 Å². The molecule has 2 atom stereocenters. The molecule has 0 unspecified atom stereocenters. The van der Waals surface area contributed by atoms with Gasteiger partial charge in [0.25, 0.3) is 0 Å². The molecule has 0 N–H and O–H groups in total. The first kappa shape index (κ1) is 29.2. The van der Waals surface area contributed by atoms with Crippen LogP contribution in [0.4, 0.5) is 11.5 Å². The van der Waals surface area contributed by atoms with Gasteiger partial charge in [-0.2, -0.15) is 9.97 Å². The molecule has 0 radical (unpaired) electrons. The third kappa shape index (κ3) is 5.99. The van der Waals surface area contributed by atoms with Crippen LogP contribution < -0.4 is 14.5 Å². The summed E-state index contributed by atoms with van der Waals surface area (Å²) < 4.78 is 6.32. The van der Waals surface area contributed by atoms with Gasteiger partial charge < -0.3 is 29.2 Å². The maximum atomic E-state index is 12.6. The van der Waals surface area contributed by atoms with Crippen LogP contribution in [0.5, 0.6) is 6.01 Å². The van der Waals surface area contributed by atoms with Crippen molar-refractivity contribution in [2.24, 2.45) is 0 Å². The highest BCUT2D eigenvalue weighted by atomic mass is 35.5. The molecule has 2 saturated heterocycles. The number of hydrogen-bond acceptors (Lipinski definition) is 7. The van der Waals surface area contributed by atoms with E-state index in [2.05, 4.69) is 57.4 Å². The molecule has 0 bridgehead atoms. The van der Waals surface area contributed by atoms with Crippen LogP contribution >= 0.6 is 11.6 Å². The van der Waals surface area contributed by atoms with Crippen LogP contribution in [0.25, 0.3) is 15.6 Å². The van der Waals surface area contributed by atoms with Crippen molar-refractivity contribution in [1.29, 1.82) is 0 Å². The van der Waals surface area contributed by atoms with Gasteiger partial charge in [-0.15, -0.1) is 0 Å². The lowest BCUT2D eigenvalue weighted by Crippen LogP contribution is -2.56. The fraction of sp³-hybridized carbons (Fsp3) is 0.455. The largest absolute Gasteiger partial charge is 0.462 e. The fourth-order valence-electron chi connectivity index (χ4n) is 6.74. The molecule has 4 heterocycles. The summed E-state index contributed by atoms with van der Waals surface area (Å²) in [6.45, 7) is 16.1. The Morgan fingerprint density at radius 1 is 1.12 bits per heavy atom. The summed E-state index contributed by atoms with van der Waals surface area (Å²) >= 11 is 6.74. The van der Waals surface area contributed by atoms with Crippen LogP contribution in [0.2, 0.25) is 5.02 Å². The van der Waals surface area contributed by atoms with Crippen LogP contribution in [0, 0.1) is 6.57 Å². The highest BCUT2D eigenvalue weighted by Crippen LogP contribution is 2.37. The van der Waals surface area contributed by atoms with Crippen LogP contribution in [0.15, 0.2) is 49.1 Å². The zero-order valence-electron chi connectivity index (χ0n) is 24.7. The van der Waals surface area contributed by atoms with E-state index in [1.165, 1.54) is 12.5 Å². The Morgan fingerprint density at radius 3 is 2.72 bits per heavy atom. The number of likely N-dealkylation sites (N-methyl/N-ethyl adjacent to an activating group) is 1. The van der Waals surface area contributed by atoms with Gasteiger partial charge in [-0.25, -0.2) is 6.57 Å². The second kappa shape index (κ2) is 12.8. The van der Waals surface area contributed by atoms with E-state index in [4.69, 9.17) is 32.9 Å². The Bertz CT molecular complexity index is 1550.